The summed E-state index contributed by atoms with van der Waals surface area (Å²) in [5.74, 6) is 0.399. The van der Waals surface area contributed by atoms with E-state index in [-0.39, 0.29) is 11.8 Å². The summed E-state index contributed by atoms with van der Waals surface area (Å²) in [6, 6.07) is 15.4. The number of rotatable bonds is 11. The van der Waals surface area contributed by atoms with Gasteiger partial charge in [-0.25, -0.2) is 9.97 Å². The molecule has 0 bridgehead atoms. The molecule has 3 N–H and O–H groups in total. The second-order valence-electron chi connectivity index (χ2n) is 12.1. The monoisotopic (exact) mass is 564 g/mol. The van der Waals surface area contributed by atoms with Gasteiger partial charge in [-0.1, -0.05) is 30.2 Å². The van der Waals surface area contributed by atoms with E-state index in [2.05, 4.69) is 88.5 Å². The molecule has 7 heteroatoms. The molecule has 1 amide bonds. The van der Waals surface area contributed by atoms with Crippen molar-refractivity contribution in [2.45, 2.75) is 66.2 Å². The van der Waals surface area contributed by atoms with Crippen molar-refractivity contribution in [3.05, 3.63) is 82.8 Å². The van der Waals surface area contributed by atoms with E-state index < -0.39 is 5.41 Å². The molecule has 0 aliphatic rings. The maximum atomic E-state index is 13.5. The Morgan fingerprint density at radius 3 is 2.45 bits per heavy atom. The minimum Gasteiger partial charge on any atom is -0.354 e. The highest BCUT2D eigenvalue weighted by Crippen LogP contribution is 2.38. The summed E-state index contributed by atoms with van der Waals surface area (Å²) in [6.45, 7) is 17.9. The van der Waals surface area contributed by atoms with Crippen LogP contribution >= 0.6 is 0 Å². The molecule has 5 aromatic rings. The number of carbonyl (C=O) groups excluding carboxylic acids is 1. The van der Waals surface area contributed by atoms with E-state index in [1.54, 1.807) is 6.33 Å². The first-order valence-electron chi connectivity index (χ1n) is 15.1. The molecule has 0 spiro atoms. The van der Waals surface area contributed by atoms with Gasteiger partial charge in [0.15, 0.2) is 5.65 Å². The molecule has 0 fully saturated rings. The van der Waals surface area contributed by atoms with Crippen LogP contribution in [0.15, 0.2) is 55.0 Å². The van der Waals surface area contributed by atoms with Crippen LogP contribution in [0, 0.1) is 13.8 Å². The number of imidazole rings is 1. The third-order valence-corrected chi connectivity index (χ3v) is 8.52. The number of hydrogen-bond acceptors (Lipinski definition) is 4. The third-order valence-electron chi connectivity index (χ3n) is 8.52. The molecular formula is C35H44N6O. The van der Waals surface area contributed by atoms with Gasteiger partial charge in [0.05, 0.1) is 23.0 Å². The van der Waals surface area contributed by atoms with Gasteiger partial charge in [0.2, 0.25) is 5.91 Å². The van der Waals surface area contributed by atoms with E-state index in [1.807, 2.05) is 38.8 Å². The molecule has 0 saturated carbocycles. The van der Waals surface area contributed by atoms with Crippen LogP contribution in [0.1, 0.15) is 68.4 Å². The molecular weight excluding hydrogens is 520 g/mol. The molecule has 0 radical (unpaired) electrons. The van der Waals surface area contributed by atoms with Crippen molar-refractivity contribution in [1.29, 1.82) is 0 Å². The Hall–Kier alpha value is -3.97. The summed E-state index contributed by atoms with van der Waals surface area (Å²) in [4.78, 5) is 31.0. The van der Waals surface area contributed by atoms with E-state index >= 15 is 0 Å². The number of likely N-dealkylation sites (N-methyl/N-ethyl adjacent to an activating group) is 1. The van der Waals surface area contributed by atoms with Crippen LogP contribution in [0.3, 0.4) is 0 Å². The number of fused-ring (bicyclic) bond motifs is 2. The van der Waals surface area contributed by atoms with Crippen molar-refractivity contribution in [3.8, 4) is 11.3 Å². The van der Waals surface area contributed by atoms with Gasteiger partial charge in [0.1, 0.15) is 0 Å². The van der Waals surface area contributed by atoms with E-state index in [9.17, 15) is 4.79 Å². The predicted octanol–water partition coefficient (Wildman–Crippen LogP) is 6.80. The normalized spacial score (nSPS) is 12.7. The molecule has 3 aromatic heterocycles. The van der Waals surface area contributed by atoms with Gasteiger partial charge in [-0.05, 0) is 113 Å². The quantitative estimate of drug-likeness (QED) is 0.154. The van der Waals surface area contributed by atoms with Gasteiger partial charge in [0, 0.05) is 36.7 Å². The van der Waals surface area contributed by atoms with Crippen LogP contribution in [0.5, 0.6) is 0 Å². The van der Waals surface area contributed by atoms with Crippen LogP contribution in [0.4, 0.5) is 0 Å². The minimum absolute atomic E-state index is 0.163. The topological polar surface area (TPSA) is 89.7 Å². The van der Waals surface area contributed by atoms with Crippen molar-refractivity contribution in [2.75, 3.05) is 26.2 Å². The number of pyridine rings is 1. The molecule has 0 saturated heterocycles. The lowest BCUT2D eigenvalue weighted by Gasteiger charge is -2.31. The Morgan fingerprint density at radius 1 is 1.00 bits per heavy atom. The summed E-state index contributed by atoms with van der Waals surface area (Å²) < 4.78 is 0. The Balaban J connectivity index is 1.46. The van der Waals surface area contributed by atoms with E-state index in [0.717, 1.165) is 47.4 Å². The van der Waals surface area contributed by atoms with Crippen molar-refractivity contribution in [1.82, 2.24) is 30.2 Å². The maximum Gasteiger partial charge on any atom is 0.232 e. The SMILES string of the molecule is CCN(CC)C(=O)C(C)(C)c1ccc2[nH]c(-c3cc(C)cc(C)c3)c([C@H](C)CNCCc3cnc4nc[nH]c4c3)c2c1. The van der Waals surface area contributed by atoms with Crippen LogP contribution in [0.25, 0.3) is 33.3 Å². The lowest BCUT2D eigenvalue weighted by atomic mass is 9.81. The smallest absolute Gasteiger partial charge is 0.232 e. The standard InChI is InChI=1S/C35H44N6O/c1-8-41(9-2)34(42)35(6,7)27-10-11-29-28(18-27)31(32(40-29)26-15-22(3)14-23(4)16-26)24(5)19-36-13-12-25-17-30-33(37-20-25)39-21-38-30/h10-11,14-18,20-21,24,36,40H,8-9,12-13,19H2,1-7H3,(H,37,38,39)/t24-/m1/s1. The molecule has 0 aliphatic heterocycles. The highest BCUT2D eigenvalue weighted by atomic mass is 16.2. The Bertz CT molecular complexity index is 1690. The Kier molecular flexibility index (Phi) is 8.50. The predicted molar refractivity (Wildman–Crippen MR) is 173 cm³/mol. The average Bonchev–Trinajstić information content (AvgIpc) is 3.59. The van der Waals surface area contributed by atoms with Crippen LogP contribution in [-0.2, 0) is 16.6 Å². The Labute approximate surface area is 249 Å². The van der Waals surface area contributed by atoms with Crippen molar-refractivity contribution in [2.24, 2.45) is 0 Å². The number of benzene rings is 2. The minimum atomic E-state index is -0.625. The number of aromatic amines is 2. The molecule has 0 unspecified atom stereocenters. The van der Waals surface area contributed by atoms with Gasteiger partial charge >= 0.3 is 0 Å². The molecule has 220 valence electrons. The number of hydrogen-bond donors (Lipinski definition) is 3. The maximum absolute atomic E-state index is 13.5. The van der Waals surface area contributed by atoms with Gasteiger partial charge in [-0.3, -0.25) is 4.79 Å². The van der Waals surface area contributed by atoms with Crippen LogP contribution in [0.2, 0.25) is 0 Å². The third kappa shape index (κ3) is 5.84. The van der Waals surface area contributed by atoms with Crippen molar-refractivity contribution in [3.63, 3.8) is 0 Å². The van der Waals surface area contributed by atoms with Gasteiger partial charge in [-0.2, -0.15) is 0 Å². The largest absolute Gasteiger partial charge is 0.354 e. The first kappa shape index (κ1) is 29.5. The summed E-state index contributed by atoms with van der Waals surface area (Å²) in [6.07, 6.45) is 4.48. The fraction of sp³-hybridized carbons (Fsp3) is 0.400. The zero-order valence-electron chi connectivity index (χ0n) is 26.1. The molecule has 42 heavy (non-hydrogen) atoms. The molecule has 5 rings (SSSR count). The lowest BCUT2D eigenvalue weighted by molar-refractivity contribution is -0.135. The second-order valence-corrected chi connectivity index (χ2v) is 12.1. The summed E-state index contributed by atoms with van der Waals surface area (Å²) in [5.41, 5.74) is 10.5. The lowest BCUT2D eigenvalue weighted by Crippen LogP contribution is -2.43. The number of nitrogens with zero attached hydrogens (tertiary/aromatic N) is 3. The second kappa shape index (κ2) is 12.1. The number of nitrogens with one attached hydrogen (secondary N) is 3. The van der Waals surface area contributed by atoms with Crippen molar-refractivity contribution >= 4 is 28.0 Å². The molecule has 1 atom stereocenters. The zero-order valence-corrected chi connectivity index (χ0v) is 26.1. The molecule has 7 nitrogen and oxygen atoms in total. The number of amides is 1. The molecule has 2 aromatic carbocycles. The summed E-state index contributed by atoms with van der Waals surface area (Å²) in [5, 5.41) is 4.88. The summed E-state index contributed by atoms with van der Waals surface area (Å²) in [7, 11) is 0. The number of carbonyl (C=O) groups is 1. The summed E-state index contributed by atoms with van der Waals surface area (Å²) >= 11 is 0. The number of aryl methyl sites for hydroxylation is 2. The van der Waals surface area contributed by atoms with Crippen LogP contribution < -0.4 is 5.32 Å². The van der Waals surface area contributed by atoms with Crippen LogP contribution in [-0.4, -0.2) is 56.9 Å². The highest BCUT2D eigenvalue weighted by Gasteiger charge is 2.33. The van der Waals surface area contributed by atoms with Gasteiger partial charge in [-0.15, -0.1) is 0 Å². The first-order chi connectivity index (χ1) is 20.1. The molecule has 3 heterocycles. The van der Waals surface area contributed by atoms with Gasteiger partial charge in [0.25, 0.3) is 0 Å². The fourth-order valence-corrected chi connectivity index (χ4v) is 6.15. The highest BCUT2D eigenvalue weighted by molar-refractivity contribution is 5.94. The zero-order chi connectivity index (χ0) is 30.0. The van der Waals surface area contributed by atoms with E-state index in [0.29, 0.717) is 13.1 Å². The van der Waals surface area contributed by atoms with E-state index in [1.165, 1.54) is 33.2 Å². The first-order valence-corrected chi connectivity index (χ1v) is 15.1. The molecule has 0 aliphatic carbocycles. The number of aromatic nitrogens is 4. The van der Waals surface area contributed by atoms with Gasteiger partial charge < -0.3 is 20.2 Å². The number of H-pyrrole nitrogens is 2. The Morgan fingerprint density at radius 2 is 1.74 bits per heavy atom. The fourth-order valence-electron chi connectivity index (χ4n) is 6.15. The van der Waals surface area contributed by atoms with Crippen molar-refractivity contribution < 1.29 is 4.79 Å². The average molecular weight is 565 g/mol. The van der Waals surface area contributed by atoms with E-state index in [4.69, 9.17) is 0 Å².